The van der Waals surface area contributed by atoms with E-state index in [1.807, 2.05) is 26.0 Å². The Labute approximate surface area is 179 Å². The summed E-state index contributed by atoms with van der Waals surface area (Å²) in [5.74, 6) is 0.556. The third-order valence-corrected chi connectivity index (χ3v) is 5.32. The van der Waals surface area contributed by atoms with Gasteiger partial charge < -0.3 is 10.1 Å². The van der Waals surface area contributed by atoms with Crippen LogP contribution in [0.2, 0.25) is 10.2 Å². The molecular formula is C20H23Cl2N5O2. The Morgan fingerprint density at radius 1 is 1.17 bits per heavy atom. The number of nitrogens with zero attached hydrogens (tertiary/aromatic N) is 4. The number of rotatable bonds is 8. The third-order valence-electron chi connectivity index (χ3n) is 4.38. The molecule has 1 aromatic carbocycles. The molecule has 3 aromatic rings. The zero-order valence-corrected chi connectivity index (χ0v) is 18.1. The number of benzene rings is 1. The summed E-state index contributed by atoms with van der Waals surface area (Å²) in [5.41, 5.74) is 3.27. The number of aromatic nitrogens is 4. The van der Waals surface area contributed by atoms with Crippen LogP contribution < -0.4 is 10.1 Å². The molecule has 2 aromatic heterocycles. The van der Waals surface area contributed by atoms with Crippen LogP contribution >= 0.6 is 23.2 Å². The fourth-order valence-electron chi connectivity index (χ4n) is 2.85. The Hall–Kier alpha value is -2.51. The molecule has 3 rings (SSSR count). The molecule has 0 unspecified atom stereocenters. The minimum Gasteiger partial charge on any atom is -0.471 e. The largest absolute Gasteiger partial charge is 0.471 e. The van der Waals surface area contributed by atoms with Gasteiger partial charge in [-0.05, 0) is 44.9 Å². The normalized spacial score (nSPS) is 10.9. The first-order chi connectivity index (χ1) is 13.8. The van der Waals surface area contributed by atoms with Gasteiger partial charge in [0.25, 0.3) is 5.91 Å². The Balaban J connectivity index is 1.45. The lowest BCUT2D eigenvalue weighted by Crippen LogP contribution is -2.26. The van der Waals surface area contributed by atoms with E-state index in [-0.39, 0.29) is 12.6 Å². The first-order valence-electron chi connectivity index (χ1n) is 9.25. The van der Waals surface area contributed by atoms with Gasteiger partial charge >= 0.3 is 0 Å². The lowest BCUT2D eigenvalue weighted by atomic mass is 10.1. The molecule has 0 aliphatic carbocycles. The van der Waals surface area contributed by atoms with E-state index in [2.05, 4.69) is 21.6 Å². The fourth-order valence-corrected chi connectivity index (χ4v) is 3.25. The van der Waals surface area contributed by atoms with E-state index in [4.69, 9.17) is 27.9 Å². The highest BCUT2D eigenvalue weighted by molar-refractivity contribution is 6.41. The average Bonchev–Trinajstić information content (AvgIpc) is 3.25. The van der Waals surface area contributed by atoms with Crippen molar-refractivity contribution in [1.82, 2.24) is 24.9 Å². The topological polar surface area (TPSA) is 74.0 Å². The van der Waals surface area contributed by atoms with Gasteiger partial charge in [0.2, 0.25) is 0 Å². The quantitative estimate of drug-likeness (QED) is 0.538. The third kappa shape index (κ3) is 5.31. The lowest BCUT2D eigenvalue weighted by molar-refractivity contribution is 0.0945. The predicted octanol–water partition coefficient (Wildman–Crippen LogP) is 4.17. The number of carbonyl (C=O) groups is 1. The van der Waals surface area contributed by atoms with E-state index < -0.39 is 0 Å². The second-order valence-electron chi connectivity index (χ2n) is 6.81. The van der Waals surface area contributed by atoms with Crippen LogP contribution in [0.1, 0.15) is 33.7 Å². The molecular weight excluding hydrogens is 413 g/mol. The van der Waals surface area contributed by atoms with Crippen LogP contribution in [-0.2, 0) is 13.3 Å². The summed E-state index contributed by atoms with van der Waals surface area (Å²) < 4.78 is 8.99. The van der Waals surface area contributed by atoms with Crippen molar-refractivity contribution in [3.05, 3.63) is 63.2 Å². The second-order valence-corrected chi connectivity index (χ2v) is 7.54. The molecule has 29 heavy (non-hydrogen) atoms. The van der Waals surface area contributed by atoms with Gasteiger partial charge in [-0.2, -0.15) is 10.2 Å². The van der Waals surface area contributed by atoms with Gasteiger partial charge in [-0.3, -0.25) is 9.48 Å². The summed E-state index contributed by atoms with van der Waals surface area (Å²) in [6.07, 6.45) is 2.38. The summed E-state index contributed by atoms with van der Waals surface area (Å²) >= 11 is 12.1. The van der Waals surface area contributed by atoms with E-state index >= 15 is 0 Å². The SMILES string of the molecule is Cc1ccc(OCn2ccc(C(=O)NCCCn3nc(C)c(Cl)c3Cl)n2)c(C)c1. The zero-order valence-electron chi connectivity index (χ0n) is 16.6. The zero-order chi connectivity index (χ0) is 21.0. The minimum atomic E-state index is -0.240. The molecule has 9 heteroatoms. The highest BCUT2D eigenvalue weighted by Gasteiger charge is 2.12. The van der Waals surface area contributed by atoms with Gasteiger partial charge in [0, 0.05) is 19.3 Å². The predicted molar refractivity (Wildman–Crippen MR) is 113 cm³/mol. The maximum absolute atomic E-state index is 12.3. The van der Waals surface area contributed by atoms with Crippen LogP contribution in [0.25, 0.3) is 0 Å². The van der Waals surface area contributed by atoms with Crippen molar-refractivity contribution >= 4 is 29.1 Å². The molecule has 0 bridgehead atoms. The van der Waals surface area contributed by atoms with Gasteiger partial charge in [0.05, 0.1) is 5.69 Å². The molecule has 1 amide bonds. The molecule has 0 radical (unpaired) electrons. The molecule has 0 fully saturated rings. The molecule has 0 spiro atoms. The van der Waals surface area contributed by atoms with E-state index in [9.17, 15) is 4.79 Å². The van der Waals surface area contributed by atoms with Crippen LogP contribution in [0, 0.1) is 20.8 Å². The maximum atomic E-state index is 12.3. The smallest absolute Gasteiger partial charge is 0.271 e. The van der Waals surface area contributed by atoms with Crippen molar-refractivity contribution in [3.8, 4) is 5.75 Å². The molecule has 7 nitrogen and oxygen atoms in total. The summed E-state index contributed by atoms with van der Waals surface area (Å²) in [4.78, 5) is 12.3. The van der Waals surface area contributed by atoms with Gasteiger partial charge in [0.15, 0.2) is 6.73 Å². The van der Waals surface area contributed by atoms with Crippen molar-refractivity contribution in [2.75, 3.05) is 6.54 Å². The molecule has 0 aliphatic rings. The van der Waals surface area contributed by atoms with Crippen LogP contribution in [0.4, 0.5) is 0 Å². The van der Waals surface area contributed by atoms with Crippen molar-refractivity contribution in [3.63, 3.8) is 0 Å². The van der Waals surface area contributed by atoms with Crippen LogP contribution in [0.3, 0.4) is 0 Å². The number of amides is 1. The number of halogens is 2. The summed E-state index contributed by atoms with van der Waals surface area (Å²) in [7, 11) is 0. The number of hydrogen-bond donors (Lipinski definition) is 1. The molecule has 0 saturated carbocycles. The summed E-state index contributed by atoms with van der Waals surface area (Å²) in [6, 6.07) is 7.65. The van der Waals surface area contributed by atoms with E-state index in [1.54, 1.807) is 28.6 Å². The van der Waals surface area contributed by atoms with Gasteiger partial charge in [-0.15, -0.1) is 0 Å². The molecule has 154 valence electrons. The van der Waals surface area contributed by atoms with Crippen molar-refractivity contribution in [2.45, 2.75) is 40.5 Å². The number of ether oxygens (including phenoxy) is 1. The Morgan fingerprint density at radius 2 is 1.97 bits per heavy atom. The second kappa shape index (κ2) is 9.33. The molecule has 0 saturated heterocycles. The van der Waals surface area contributed by atoms with E-state index in [0.717, 1.165) is 11.3 Å². The highest BCUT2D eigenvalue weighted by Crippen LogP contribution is 2.24. The number of nitrogens with one attached hydrogen (secondary N) is 1. The maximum Gasteiger partial charge on any atom is 0.271 e. The summed E-state index contributed by atoms with van der Waals surface area (Å²) in [5, 5.41) is 12.2. The van der Waals surface area contributed by atoms with Crippen molar-refractivity contribution < 1.29 is 9.53 Å². The summed E-state index contributed by atoms with van der Waals surface area (Å²) in [6.45, 7) is 7.09. The first-order valence-corrected chi connectivity index (χ1v) is 10.0. The standard InChI is InChI=1S/C20H23Cl2N5O2/c1-13-5-6-17(14(2)11-13)29-12-26-10-7-16(25-26)20(28)23-8-4-9-27-19(22)18(21)15(3)24-27/h5-7,10-11H,4,8-9,12H2,1-3H3,(H,23,28). The van der Waals surface area contributed by atoms with Crippen LogP contribution in [-0.4, -0.2) is 32.0 Å². The Bertz CT molecular complexity index is 1010. The number of carbonyl (C=O) groups excluding carboxylic acids is 1. The number of hydrogen-bond acceptors (Lipinski definition) is 4. The Morgan fingerprint density at radius 3 is 2.66 bits per heavy atom. The molecule has 0 aliphatic heterocycles. The van der Waals surface area contributed by atoms with E-state index in [0.29, 0.717) is 41.1 Å². The van der Waals surface area contributed by atoms with Crippen molar-refractivity contribution in [1.29, 1.82) is 0 Å². The molecule has 0 atom stereocenters. The van der Waals surface area contributed by atoms with E-state index in [1.165, 1.54) is 5.56 Å². The van der Waals surface area contributed by atoms with Gasteiger partial charge in [-0.25, -0.2) is 4.68 Å². The van der Waals surface area contributed by atoms with Crippen LogP contribution in [0.15, 0.2) is 30.5 Å². The minimum absolute atomic E-state index is 0.231. The Kier molecular flexibility index (Phi) is 6.82. The average molecular weight is 436 g/mol. The molecule has 1 N–H and O–H groups in total. The van der Waals surface area contributed by atoms with Gasteiger partial charge in [0.1, 0.15) is 21.6 Å². The first kappa shape index (κ1) is 21.2. The van der Waals surface area contributed by atoms with Gasteiger partial charge in [-0.1, -0.05) is 40.9 Å². The lowest BCUT2D eigenvalue weighted by Gasteiger charge is -2.09. The highest BCUT2D eigenvalue weighted by atomic mass is 35.5. The number of aryl methyl sites for hydroxylation is 4. The van der Waals surface area contributed by atoms with Crippen LogP contribution in [0.5, 0.6) is 5.75 Å². The van der Waals surface area contributed by atoms with Crippen molar-refractivity contribution in [2.24, 2.45) is 0 Å². The molecule has 2 heterocycles. The monoisotopic (exact) mass is 435 g/mol. The fraction of sp³-hybridized carbons (Fsp3) is 0.350.